The van der Waals surface area contributed by atoms with Crippen LogP contribution in [0.3, 0.4) is 0 Å². The van der Waals surface area contributed by atoms with Crippen LogP contribution in [-0.4, -0.2) is 21.8 Å². The minimum Gasteiger partial charge on any atom is -0.407 e. The third-order valence-corrected chi connectivity index (χ3v) is 5.67. The van der Waals surface area contributed by atoms with Crippen molar-refractivity contribution in [3.8, 4) is 33.5 Å². The molecular formula is C22H3BF15NO2. The Morgan fingerprint density at radius 3 is 0.951 bits per heavy atom. The fourth-order valence-electron chi connectivity index (χ4n) is 3.88. The fraction of sp³-hybridized carbons (Fsp3) is 0. The van der Waals surface area contributed by atoms with Crippen LogP contribution in [0.1, 0.15) is 0 Å². The second kappa shape index (κ2) is 10.1. The van der Waals surface area contributed by atoms with Gasteiger partial charge in [-0.2, -0.15) is 0 Å². The number of aromatic nitrogens is 1. The molecule has 0 aliphatic heterocycles. The highest BCUT2D eigenvalue weighted by Crippen LogP contribution is 2.48. The maximum Gasteiger partial charge on any atom is 0.592 e. The number of rotatable bonds is 4. The molecule has 1 heterocycles. The summed E-state index contributed by atoms with van der Waals surface area (Å²) in [4.78, 5) is 0. The van der Waals surface area contributed by atoms with E-state index in [9.17, 15) is 75.9 Å². The minimum atomic E-state index is -3.37. The van der Waals surface area contributed by atoms with Crippen molar-refractivity contribution in [2.24, 2.45) is 0 Å². The SMILES string of the molecule is OB(O)n1cc(-c2c(F)c(F)c(F)c(F)c2F)c(-c2c(F)c(F)c(F)c(F)c2F)c1-c1c(F)c(F)c(F)c(F)c1F. The normalized spacial score (nSPS) is 11.5. The summed E-state index contributed by atoms with van der Waals surface area (Å²) >= 11 is 0. The van der Waals surface area contributed by atoms with E-state index in [1.165, 1.54) is 0 Å². The van der Waals surface area contributed by atoms with E-state index in [2.05, 4.69) is 0 Å². The first kappa shape index (κ1) is 29.8. The van der Waals surface area contributed by atoms with Crippen LogP contribution in [0.2, 0.25) is 0 Å². The Hall–Kier alpha value is -4.13. The number of benzene rings is 3. The first-order valence-corrected chi connectivity index (χ1v) is 10.1. The van der Waals surface area contributed by atoms with Crippen LogP contribution in [-0.2, 0) is 0 Å². The largest absolute Gasteiger partial charge is 0.592 e. The van der Waals surface area contributed by atoms with Crippen molar-refractivity contribution in [2.75, 3.05) is 0 Å². The summed E-state index contributed by atoms with van der Waals surface area (Å²) in [5.41, 5.74) is -13.5. The zero-order valence-corrected chi connectivity index (χ0v) is 18.7. The van der Waals surface area contributed by atoms with Crippen molar-refractivity contribution in [3.63, 3.8) is 0 Å². The number of nitrogens with zero attached hydrogens (tertiary/aromatic N) is 1. The van der Waals surface area contributed by atoms with Crippen LogP contribution in [0.15, 0.2) is 6.20 Å². The van der Waals surface area contributed by atoms with E-state index in [0.717, 1.165) is 0 Å². The summed E-state index contributed by atoms with van der Waals surface area (Å²) in [5.74, 6) is -43.4. The van der Waals surface area contributed by atoms with E-state index >= 15 is 0 Å². The topological polar surface area (TPSA) is 45.4 Å². The molecule has 0 fully saturated rings. The summed E-state index contributed by atoms with van der Waals surface area (Å²) in [6, 6.07) is 0. The lowest BCUT2D eigenvalue weighted by Gasteiger charge is -2.17. The van der Waals surface area contributed by atoms with Gasteiger partial charge in [-0.15, -0.1) is 0 Å². The Morgan fingerprint density at radius 2 is 0.634 bits per heavy atom. The van der Waals surface area contributed by atoms with Crippen molar-refractivity contribution in [1.82, 2.24) is 4.48 Å². The van der Waals surface area contributed by atoms with Crippen molar-refractivity contribution in [3.05, 3.63) is 93.5 Å². The van der Waals surface area contributed by atoms with Crippen molar-refractivity contribution < 1.29 is 75.9 Å². The standard InChI is InChI=1S/C22H3BF15NO2/c24-7-4(8(25)14(31)19(36)13(7)30)2-1-39(23(40)41)22(6-11(28)17(34)21(38)18(35)12(6)29)3(2)5-9(26)15(32)20(37)16(33)10(5)27/h1,40-41H. The minimum absolute atomic E-state index is 0.288. The molecule has 216 valence electrons. The second-order valence-corrected chi connectivity index (χ2v) is 7.85. The maximum absolute atomic E-state index is 14.9. The van der Waals surface area contributed by atoms with Crippen molar-refractivity contribution >= 4 is 7.25 Å². The van der Waals surface area contributed by atoms with Gasteiger partial charge in [0.2, 0.25) is 17.5 Å². The molecule has 4 rings (SSSR count). The Balaban J connectivity index is 2.41. The van der Waals surface area contributed by atoms with Gasteiger partial charge in [-0.3, -0.25) is 0 Å². The van der Waals surface area contributed by atoms with Crippen LogP contribution in [0.25, 0.3) is 33.5 Å². The third-order valence-electron chi connectivity index (χ3n) is 5.67. The Morgan fingerprint density at radius 1 is 0.366 bits per heavy atom. The molecule has 3 aromatic carbocycles. The zero-order chi connectivity index (χ0) is 31.0. The van der Waals surface area contributed by atoms with E-state index < -0.39 is 133 Å². The molecule has 0 amide bonds. The predicted molar refractivity (Wildman–Crippen MR) is 106 cm³/mol. The van der Waals surface area contributed by atoms with Gasteiger partial charge in [0.05, 0.1) is 22.4 Å². The molecule has 0 bridgehead atoms. The molecule has 19 heteroatoms. The molecular weight excluding hydrogens is 606 g/mol. The molecule has 0 saturated heterocycles. The molecule has 1 aromatic heterocycles. The van der Waals surface area contributed by atoms with Crippen molar-refractivity contribution in [1.29, 1.82) is 0 Å². The highest BCUT2D eigenvalue weighted by Gasteiger charge is 2.39. The van der Waals surface area contributed by atoms with E-state index in [-0.39, 0.29) is 6.20 Å². The quantitative estimate of drug-likeness (QED) is 0.122. The average Bonchev–Trinajstić information content (AvgIpc) is 3.30. The molecule has 0 radical (unpaired) electrons. The third kappa shape index (κ3) is 4.13. The number of hydrogen-bond acceptors (Lipinski definition) is 2. The molecule has 41 heavy (non-hydrogen) atoms. The lowest BCUT2D eigenvalue weighted by molar-refractivity contribution is 0.378. The van der Waals surface area contributed by atoms with Crippen LogP contribution in [0.5, 0.6) is 0 Å². The van der Waals surface area contributed by atoms with Crippen LogP contribution in [0.4, 0.5) is 65.9 Å². The van der Waals surface area contributed by atoms with Crippen LogP contribution >= 0.6 is 0 Å². The van der Waals surface area contributed by atoms with E-state index in [0.29, 0.717) is 0 Å². The summed E-state index contributed by atoms with van der Waals surface area (Å²) in [6.07, 6.45) is -0.288. The van der Waals surface area contributed by atoms with Crippen LogP contribution in [0, 0.1) is 87.3 Å². The Bertz CT molecular complexity index is 1700. The van der Waals surface area contributed by atoms with Gasteiger partial charge in [0.25, 0.3) is 0 Å². The average molecular weight is 609 g/mol. The van der Waals surface area contributed by atoms with Gasteiger partial charge in [-0.05, 0) is 0 Å². The highest BCUT2D eigenvalue weighted by molar-refractivity contribution is 6.40. The second-order valence-electron chi connectivity index (χ2n) is 7.85. The van der Waals surface area contributed by atoms with Gasteiger partial charge in [-0.25, -0.2) is 65.9 Å². The van der Waals surface area contributed by atoms with E-state index in [4.69, 9.17) is 0 Å². The van der Waals surface area contributed by atoms with Gasteiger partial charge < -0.3 is 14.5 Å². The molecule has 0 aliphatic carbocycles. The van der Waals surface area contributed by atoms with E-state index in [1.54, 1.807) is 0 Å². The smallest absolute Gasteiger partial charge is 0.407 e. The summed E-state index contributed by atoms with van der Waals surface area (Å²) in [6.45, 7) is 0. The number of hydrogen-bond donors (Lipinski definition) is 2. The van der Waals surface area contributed by atoms with Crippen LogP contribution < -0.4 is 0 Å². The molecule has 4 aromatic rings. The Labute approximate surface area is 215 Å². The first-order chi connectivity index (χ1) is 19.0. The summed E-state index contributed by atoms with van der Waals surface area (Å²) < 4.78 is 213. The summed E-state index contributed by atoms with van der Waals surface area (Å²) in [5, 5.41) is 19.4. The molecule has 0 aliphatic rings. The monoisotopic (exact) mass is 609 g/mol. The lowest BCUT2D eigenvalue weighted by Crippen LogP contribution is -2.24. The Kier molecular flexibility index (Phi) is 7.32. The van der Waals surface area contributed by atoms with Gasteiger partial charge in [0.1, 0.15) is 0 Å². The predicted octanol–water partition coefficient (Wildman–Crippen LogP) is 6.39. The van der Waals surface area contributed by atoms with Gasteiger partial charge in [0, 0.05) is 17.3 Å². The molecule has 2 N–H and O–H groups in total. The number of halogens is 15. The molecule has 3 nitrogen and oxygen atoms in total. The maximum atomic E-state index is 14.9. The highest BCUT2D eigenvalue weighted by atomic mass is 19.2. The van der Waals surface area contributed by atoms with Gasteiger partial charge in [-0.1, -0.05) is 0 Å². The summed E-state index contributed by atoms with van der Waals surface area (Å²) in [7, 11) is -3.37. The molecule has 0 atom stereocenters. The first-order valence-electron chi connectivity index (χ1n) is 10.1. The molecule has 0 unspecified atom stereocenters. The van der Waals surface area contributed by atoms with Crippen molar-refractivity contribution in [2.45, 2.75) is 0 Å². The van der Waals surface area contributed by atoms with E-state index in [1.807, 2.05) is 0 Å². The van der Waals surface area contributed by atoms with Gasteiger partial charge >= 0.3 is 7.25 Å². The molecule has 0 spiro atoms. The van der Waals surface area contributed by atoms with Gasteiger partial charge in [0.15, 0.2) is 69.8 Å². The molecule has 0 saturated carbocycles. The fourth-order valence-corrected chi connectivity index (χ4v) is 3.88. The zero-order valence-electron chi connectivity index (χ0n) is 18.7. The lowest BCUT2D eigenvalue weighted by atomic mass is 9.91.